The van der Waals surface area contributed by atoms with Crippen molar-refractivity contribution in [3.63, 3.8) is 0 Å². The number of benzene rings is 2. The molecule has 2 N–H and O–H groups in total. The third-order valence-electron chi connectivity index (χ3n) is 4.77. The van der Waals surface area contributed by atoms with Gasteiger partial charge in [0.2, 0.25) is 0 Å². The van der Waals surface area contributed by atoms with E-state index >= 15 is 0 Å². The molecule has 1 heterocycles. The van der Waals surface area contributed by atoms with E-state index in [1.54, 1.807) is 7.05 Å². The van der Waals surface area contributed by atoms with Crippen LogP contribution in [0.15, 0.2) is 53.5 Å². The molecular formula is C21H28FIN4. The standard InChI is InChI=1S/C21H27FN4.HI/c1-23-21(24-12-10-17-6-8-20(22)9-7-17)25-13-15-26-14-11-18-4-2-3-5-19(18)16-26;/h2-9H,10-16H2,1H3,(H2,23,24,25);1H. The second kappa shape index (κ2) is 11.2. The molecule has 0 saturated heterocycles. The molecule has 0 bridgehead atoms. The summed E-state index contributed by atoms with van der Waals surface area (Å²) >= 11 is 0. The topological polar surface area (TPSA) is 39.7 Å². The Morgan fingerprint density at radius 3 is 2.48 bits per heavy atom. The molecular weight excluding hydrogens is 454 g/mol. The van der Waals surface area contributed by atoms with E-state index in [0.29, 0.717) is 0 Å². The van der Waals surface area contributed by atoms with Crippen LogP contribution in [0.25, 0.3) is 0 Å². The summed E-state index contributed by atoms with van der Waals surface area (Å²) in [6.45, 7) is 4.75. The Bertz CT molecular complexity index is 733. The second-order valence-electron chi connectivity index (χ2n) is 6.60. The van der Waals surface area contributed by atoms with Gasteiger partial charge < -0.3 is 10.6 Å². The molecule has 0 fully saturated rings. The number of rotatable bonds is 6. The smallest absolute Gasteiger partial charge is 0.191 e. The lowest BCUT2D eigenvalue weighted by Crippen LogP contribution is -2.43. The average Bonchev–Trinajstić information content (AvgIpc) is 2.68. The van der Waals surface area contributed by atoms with Crippen LogP contribution in [0.3, 0.4) is 0 Å². The van der Waals surface area contributed by atoms with Crippen LogP contribution in [-0.2, 0) is 19.4 Å². The predicted molar refractivity (Wildman–Crippen MR) is 120 cm³/mol. The number of aliphatic imine (C=N–C) groups is 1. The van der Waals surface area contributed by atoms with Gasteiger partial charge in [-0.2, -0.15) is 0 Å². The minimum atomic E-state index is -0.195. The van der Waals surface area contributed by atoms with Crippen molar-refractivity contribution in [1.29, 1.82) is 0 Å². The van der Waals surface area contributed by atoms with E-state index in [1.165, 1.54) is 23.3 Å². The van der Waals surface area contributed by atoms with E-state index < -0.39 is 0 Å². The van der Waals surface area contributed by atoms with E-state index in [4.69, 9.17) is 0 Å². The highest BCUT2D eigenvalue weighted by atomic mass is 127. The van der Waals surface area contributed by atoms with Crippen molar-refractivity contribution in [2.24, 2.45) is 4.99 Å². The fraction of sp³-hybridized carbons (Fsp3) is 0.381. The molecule has 1 aliphatic heterocycles. The number of nitrogens with zero attached hydrogens (tertiary/aromatic N) is 2. The van der Waals surface area contributed by atoms with Gasteiger partial charge in [-0.15, -0.1) is 24.0 Å². The van der Waals surface area contributed by atoms with Crippen molar-refractivity contribution in [3.8, 4) is 0 Å². The van der Waals surface area contributed by atoms with Crippen LogP contribution < -0.4 is 10.6 Å². The molecule has 146 valence electrons. The Morgan fingerprint density at radius 2 is 1.74 bits per heavy atom. The lowest BCUT2D eigenvalue weighted by molar-refractivity contribution is 0.258. The average molecular weight is 482 g/mol. The van der Waals surface area contributed by atoms with E-state index in [9.17, 15) is 4.39 Å². The summed E-state index contributed by atoms with van der Waals surface area (Å²) in [7, 11) is 1.78. The summed E-state index contributed by atoms with van der Waals surface area (Å²) < 4.78 is 12.9. The SMILES string of the molecule is CN=C(NCCc1ccc(F)cc1)NCCN1CCc2ccccc2C1.I. The van der Waals surface area contributed by atoms with Gasteiger partial charge in [-0.25, -0.2) is 4.39 Å². The lowest BCUT2D eigenvalue weighted by Gasteiger charge is -2.28. The Labute approximate surface area is 178 Å². The van der Waals surface area contributed by atoms with Crippen molar-refractivity contribution in [3.05, 3.63) is 71.0 Å². The molecule has 0 atom stereocenters. The number of halogens is 2. The Morgan fingerprint density at radius 1 is 1.04 bits per heavy atom. The third-order valence-corrected chi connectivity index (χ3v) is 4.77. The van der Waals surface area contributed by atoms with Crippen LogP contribution in [-0.4, -0.2) is 44.1 Å². The summed E-state index contributed by atoms with van der Waals surface area (Å²) in [5.74, 6) is 0.615. The first-order valence-electron chi connectivity index (χ1n) is 9.22. The first-order valence-corrected chi connectivity index (χ1v) is 9.22. The van der Waals surface area contributed by atoms with Crippen LogP contribution in [0.1, 0.15) is 16.7 Å². The summed E-state index contributed by atoms with van der Waals surface area (Å²) in [5, 5.41) is 6.69. The second-order valence-corrected chi connectivity index (χ2v) is 6.60. The lowest BCUT2D eigenvalue weighted by atomic mass is 10.00. The fourth-order valence-corrected chi connectivity index (χ4v) is 3.27. The Balaban J connectivity index is 0.00000261. The molecule has 0 amide bonds. The zero-order valence-corrected chi connectivity index (χ0v) is 18.1. The van der Waals surface area contributed by atoms with Gasteiger partial charge in [-0.05, 0) is 41.7 Å². The minimum Gasteiger partial charge on any atom is -0.356 e. The van der Waals surface area contributed by atoms with Gasteiger partial charge in [-0.1, -0.05) is 36.4 Å². The van der Waals surface area contributed by atoms with Crippen molar-refractivity contribution < 1.29 is 4.39 Å². The van der Waals surface area contributed by atoms with Crippen LogP contribution in [0, 0.1) is 5.82 Å². The van der Waals surface area contributed by atoms with E-state index in [2.05, 4.69) is 44.8 Å². The van der Waals surface area contributed by atoms with Crippen LogP contribution in [0.5, 0.6) is 0 Å². The molecule has 0 aliphatic carbocycles. The molecule has 1 aliphatic rings. The third kappa shape index (κ3) is 6.77. The molecule has 3 rings (SSSR count). The molecule has 4 nitrogen and oxygen atoms in total. The number of fused-ring (bicyclic) bond motifs is 1. The highest BCUT2D eigenvalue weighted by Gasteiger charge is 2.14. The molecule has 0 saturated carbocycles. The van der Waals surface area contributed by atoms with Gasteiger partial charge in [0, 0.05) is 39.8 Å². The quantitative estimate of drug-likeness (QED) is 0.378. The van der Waals surface area contributed by atoms with Gasteiger partial charge in [0.15, 0.2) is 5.96 Å². The molecule has 27 heavy (non-hydrogen) atoms. The summed E-state index contributed by atoms with van der Waals surface area (Å²) in [4.78, 5) is 6.74. The first-order chi connectivity index (χ1) is 12.7. The zero-order valence-electron chi connectivity index (χ0n) is 15.7. The predicted octanol–water partition coefficient (Wildman–Crippen LogP) is 3.21. The van der Waals surface area contributed by atoms with Crippen LogP contribution >= 0.6 is 24.0 Å². The maximum absolute atomic E-state index is 12.9. The molecule has 2 aromatic rings. The molecule has 0 unspecified atom stereocenters. The highest BCUT2D eigenvalue weighted by molar-refractivity contribution is 14.0. The number of guanidine groups is 1. The maximum atomic E-state index is 12.9. The van der Waals surface area contributed by atoms with Crippen molar-refractivity contribution in [1.82, 2.24) is 15.5 Å². The summed E-state index contributed by atoms with van der Waals surface area (Å²) in [5.41, 5.74) is 4.04. The van der Waals surface area contributed by atoms with Crippen molar-refractivity contribution >= 4 is 29.9 Å². The molecule has 0 aromatic heterocycles. The first kappa shape index (κ1) is 21.6. The van der Waals surface area contributed by atoms with E-state index in [1.807, 2.05) is 12.1 Å². The Kier molecular flexibility index (Phi) is 9.00. The fourth-order valence-electron chi connectivity index (χ4n) is 3.27. The van der Waals surface area contributed by atoms with Gasteiger partial charge in [0.05, 0.1) is 0 Å². The largest absolute Gasteiger partial charge is 0.356 e. The summed E-state index contributed by atoms with van der Waals surface area (Å²) in [6.07, 6.45) is 1.96. The van der Waals surface area contributed by atoms with Crippen LogP contribution in [0.2, 0.25) is 0 Å². The van der Waals surface area contributed by atoms with Gasteiger partial charge in [0.25, 0.3) is 0 Å². The number of nitrogens with one attached hydrogen (secondary N) is 2. The number of hydrogen-bond donors (Lipinski definition) is 2. The summed E-state index contributed by atoms with van der Waals surface area (Å²) in [6, 6.07) is 15.3. The number of hydrogen-bond acceptors (Lipinski definition) is 2. The normalized spacial score (nSPS) is 14.2. The highest BCUT2D eigenvalue weighted by Crippen LogP contribution is 2.17. The maximum Gasteiger partial charge on any atom is 0.191 e. The molecule has 0 spiro atoms. The zero-order chi connectivity index (χ0) is 18.2. The molecule has 6 heteroatoms. The molecule has 0 radical (unpaired) electrons. The van der Waals surface area contributed by atoms with Gasteiger partial charge in [0.1, 0.15) is 5.82 Å². The Hall–Kier alpha value is -1.67. The van der Waals surface area contributed by atoms with Gasteiger partial charge >= 0.3 is 0 Å². The molecule has 2 aromatic carbocycles. The minimum absolute atomic E-state index is 0. The van der Waals surface area contributed by atoms with E-state index in [-0.39, 0.29) is 29.8 Å². The van der Waals surface area contributed by atoms with Gasteiger partial charge in [-0.3, -0.25) is 9.89 Å². The van der Waals surface area contributed by atoms with Crippen molar-refractivity contribution in [2.45, 2.75) is 19.4 Å². The monoisotopic (exact) mass is 482 g/mol. The van der Waals surface area contributed by atoms with E-state index in [0.717, 1.165) is 57.1 Å². The van der Waals surface area contributed by atoms with Crippen molar-refractivity contribution in [2.75, 3.05) is 33.2 Å². The van der Waals surface area contributed by atoms with Crippen LogP contribution in [0.4, 0.5) is 4.39 Å².